The largest absolute Gasteiger partial charge is 0.508 e. The monoisotopic (exact) mass is 378 g/mol. The maximum Gasteiger partial charge on any atom is 0.253 e. The zero-order valence-electron chi connectivity index (χ0n) is 15.4. The van der Waals surface area contributed by atoms with Gasteiger partial charge in [0.1, 0.15) is 11.6 Å². The highest BCUT2D eigenvalue weighted by atomic mass is 16.3. The SMILES string of the molecule is O=C(CCc1nc2cccc3c2n1CCNC3=O)NCCc1ccc(O)cc1. The molecule has 0 bridgehead atoms. The van der Waals surface area contributed by atoms with Gasteiger partial charge >= 0.3 is 0 Å². The van der Waals surface area contributed by atoms with E-state index in [1.165, 1.54) is 0 Å². The molecule has 1 aliphatic rings. The third-order valence-corrected chi connectivity index (χ3v) is 4.96. The van der Waals surface area contributed by atoms with Gasteiger partial charge in [-0.2, -0.15) is 0 Å². The summed E-state index contributed by atoms with van der Waals surface area (Å²) in [6.45, 7) is 1.74. The Kier molecular flexibility index (Phi) is 4.97. The van der Waals surface area contributed by atoms with Gasteiger partial charge in [-0.05, 0) is 36.2 Å². The van der Waals surface area contributed by atoms with E-state index >= 15 is 0 Å². The van der Waals surface area contributed by atoms with Crippen LogP contribution in [0.1, 0.15) is 28.2 Å². The summed E-state index contributed by atoms with van der Waals surface area (Å²) in [6.07, 6.45) is 1.57. The van der Waals surface area contributed by atoms with E-state index in [-0.39, 0.29) is 17.6 Å². The van der Waals surface area contributed by atoms with Gasteiger partial charge in [0, 0.05) is 32.5 Å². The van der Waals surface area contributed by atoms with E-state index in [1.54, 1.807) is 18.2 Å². The van der Waals surface area contributed by atoms with Crippen LogP contribution in [0.25, 0.3) is 11.0 Å². The highest BCUT2D eigenvalue weighted by Gasteiger charge is 2.21. The first kappa shape index (κ1) is 18.0. The molecule has 7 nitrogen and oxygen atoms in total. The van der Waals surface area contributed by atoms with E-state index in [4.69, 9.17) is 0 Å². The number of phenols is 1. The Labute approximate surface area is 162 Å². The van der Waals surface area contributed by atoms with Crippen LogP contribution in [0.2, 0.25) is 0 Å². The Morgan fingerprint density at radius 3 is 2.82 bits per heavy atom. The minimum absolute atomic E-state index is 0.0262. The molecule has 7 heteroatoms. The van der Waals surface area contributed by atoms with Crippen LogP contribution in [-0.2, 0) is 24.2 Å². The minimum Gasteiger partial charge on any atom is -0.508 e. The molecule has 3 N–H and O–H groups in total. The van der Waals surface area contributed by atoms with Crippen molar-refractivity contribution in [2.24, 2.45) is 0 Å². The van der Waals surface area contributed by atoms with E-state index in [0.717, 1.165) is 22.4 Å². The second-order valence-corrected chi connectivity index (χ2v) is 6.88. The van der Waals surface area contributed by atoms with Gasteiger partial charge in [0.2, 0.25) is 5.91 Å². The Bertz CT molecular complexity index is 1020. The molecule has 1 aliphatic heterocycles. The van der Waals surface area contributed by atoms with Crippen molar-refractivity contribution in [3.63, 3.8) is 0 Å². The number of para-hydroxylation sites is 1. The molecule has 0 radical (unpaired) electrons. The topological polar surface area (TPSA) is 96.2 Å². The number of hydrogen-bond acceptors (Lipinski definition) is 4. The Hall–Kier alpha value is -3.35. The molecule has 0 saturated heterocycles. The lowest BCUT2D eigenvalue weighted by atomic mass is 10.1. The van der Waals surface area contributed by atoms with Crippen molar-refractivity contribution in [3.05, 3.63) is 59.4 Å². The number of phenolic OH excluding ortho intramolecular Hbond substituents is 1. The van der Waals surface area contributed by atoms with Crippen LogP contribution in [0.3, 0.4) is 0 Å². The number of aryl methyl sites for hydroxylation is 1. The second-order valence-electron chi connectivity index (χ2n) is 6.88. The van der Waals surface area contributed by atoms with E-state index in [9.17, 15) is 14.7 Å². The van der Waals surface area contributed by atoms with Gasteiger partial charge in [-0.25, -0.2) is 4.98 Å². The van der Waals surface area contributed by atoms with Crippen molar-refractivity contribution in [2.75, 3.05) is 13.1 Å². The van der Waals surface area contributed by atoms with Gasteiger partial charge in [0.15, 0.2) is 0 Å². The zero-order chi connectivity index (χ0) is 19.5. The summed E-state index contributed by atoms with van der Waals surface area (Å²) in [5.74, 6) is 0.955. The maximum atomic E-state index is 12.2. The van der Waals surface area contributed by atoms with E-state index in [1.807, 2.05) is 28.8 Å². The van der Waals surface area contributed by atoms with Crippen molar-refractivity contribution in [3.8, 4) is 5.75 Å². The molecule has 0 unspecified atom stereocenters. The van der Waals surface area contributed by atoms with Crippen molar-refractivity contribution in [1.82, 2.24) is 20.2 Å². The quantitative estimate of drug-likeness (QED) is 0.609. The molecule has 2 aromatic carbocycles. The number of benzene rings is 2. The number of imidazole rings is 1. The maximum absolute atomic E-state index is 12.2. The smallest absolute Gasteiger partial charge is 0.253 e. The van der Waals surface area contributed by atoms with Gasteiger partial charge in [0.05, 0.1) is 16.6 Å². The van der Waals surface area contributed by atoms with Gasteiger partial charge in [-0.3, -0.25) is 9.59 Å². The molecule has 28 heavy (non-hydrogen) atoms. The van der Waals surface area contributed by atoms with Crippen LogP contribution in [0.4, 0.5) is 0 Å². The molecule has 0 atom stereocenters. The Morgan fingerprint density at radius 1 is 1.18 bits per heavy atom. The van der Waals surface area contributed by atoms with Crippen LogP contribution < -0.4 is 10.6 Å². The lowest BCUT2D eigenvalue weighted by molar-refractivity contribution is -0.121. The molecule has 144 valence electrons. The summed E-state index contributed by atoms with van der Waals surface area (Å²) in [6, 6.07) is 12.5. The number of amides is 2. The third-order valence-electron chi connectivity index (χ3n) is 4.96. The molecule has 3 aromatic rings. The van der Waals surface area contributed by atoms with E-state index in [2.05, 4.69) is 15.6 Å². The Balaban J connectivity index is 1.38. The summed E-state index contributed by atoms with van der Waals surface area (Å²) in [7, 11) is 0. The summed E-state index contributed by atoms with van der Waals surface area (Å²) in [5.41, 5.74) is 3.33. The summed E-state index contributed by atoms with van der Waals surface area (Å²) in [5, 5.41) is 15.1. The average molecular weight is 378 g/mol. The van der Waals surface area contributed by atoms with Crippen LogP contribution >= 0.6 is 0 Å². The fourth-order valence-corrected chi connectivity index (χ4v) is 3.55. The highest BCUT2D eigenvalue weighted by molar-refractivity contribution is 6.05. The summed E-state index contributed by atoms with van der Waals surface area (Å²) < 4.78 is 2.05. The lowest BCUT2D eigenvalue weighted by Crippen LogP contribution is -2.26. The predicted octanol–water partition coefficient (Wildman–Crippen LogP) is 1.78. The fraction of sp³-hybridized carbons (Fsp3) is 0.286. The zero-order valence-corrected chi connectivity index (χ0v) is 15.4. The van der Waals surface area contributed by atoms with Crippen LogP contribution in [-0.4, -0.2) is 39.6 Å². The number of aromatic nitrogens is 2. The molecular formula is C21H22N4O3. The summed E-state index contributed by atoms with van der Waals surface area (Å²) >= 11 is 0. The normalized spacial score (nSPS) is 13.2. The summed E-state index contributed by atoms with van der Waals surface area (Å²) in [4.78, 5) is 29.1. The first-order valence-electron chi connectivity index (χ1n) is 9.43. The van der Waals surface area contributed by atoms with E-state index in [0.29, 0.717) is 44.5 Å². The predicted molar refractivity (Wildman–Crippen MR) is 105 cm³/mol. The lowest BCUT2D eigenvalue weighted by Gasteiger charge is -2.08. The average Bonchev–Trinajstić information content (AvgIpc) is 2.96. The standard InChI is InChI=1S/C21H22N4O3/c26-15-6-4-14(5-7-15)10-11-22-19(27)9-8-18-24-17-3-1-2-16-20(17)25(18)13-12-23-21(16)28/h1-7,26H,8-13H2,(H,22,27)(H,23,28). The first-order valence-corrected chi connectivity index (χ1v) is 9.43. The number of aromatic hydroxyl groups is 1. The number of nitrogens with zero attached hydrogens (tertiary/aromatic N) is 2. The molecule has 0 fully saturated rings. The van der Waals surface area contributed by atoms with Crippen molar-refractivity contribution < 1.29 is 14.7 Å². The van der Waals surface area contributed by atoms with E-state index < -0.39 is 0 Å². The van der Waals surface area contributed by atoms with Crippen molar-refractivity contribution in [1.29, 1.82) is 0 Å². The van der Waals surface area contributed by atoms with Gasteiger partial charge in [-0.1, -0.05) is 18.2 Å². The molecule has 1 aromatic heterocycles. The van der Waals surface area contributed by atoms with Crippen molar-refractivity contribution in [2.45, 2.75) is 25.8 Å². The second kappa shape index (κ2) is 7.72. The highest BCUT2D eigenvalue weighted by Crippen LogP contribution is 2.23. The molecule has 2 heterocycles. The third kappa shape index (κ3) is 3.69. The molecular weight excluding hydrogens is 356 g/mol. The van der Waals surface area contributed by atoms with Gasteiger partial charge in [-0.15, -0.1) is 0 Å². The molecule has 0 aliphatic carbocycles. The van der Waals surface area contributed by atoms with Gasteiger partial charge in [0.25, 0.3) is 5.91 Å². The van der Waals surface area contributed by atoms with Crippen molar-refractivity contribution >= 4 is 22.8 Å². The molecule has 0 saturated carbocycles. The number of carbonyl (C=O) groups excluding carboxylic acids is 2. The molecule has 2 amide bonds. The fourth-order valence-electron chi connectivity index (χ4n) is 3.55. The van der Waals surface area contributed by atoms with Crippen LogP contribution in [0, 0.1) is 0 Å². The van der Waals surface area contributed by atoms with Crippen LogP contribution in [0.5, 0.6) is 5.75 Å². The minimum atomic E-state index is -0.0808. The van der Waals surface area contributed by atoms with Crippen LogP contribution in [0.15, 0.2) is 42.5 Å². The Morgan fingerprint density at radius 2 is 2.00 bits per heavy atom. The molecule has 0 spiro atoms. The first-order chi connectivity index (χ1) is 13.6. The van der Waals surface area contributed by atoms with Gasteiger partial charge < -0.3 is 20.3 Å². The molecule has 4 rings (SSSR count). The number of hydrogen-bond donors (Lipinski definition) is 3. The number of rotatable bonds is 6. The number of carbonyl (C=O) groups is 2. The number of nitrogens with one attached hydrogen (secondary N) is 2.